The minimum Gasteiger partial charge on any atom is -0.467 e. The smallest absolute Gasteiger partial charge is 0.410 e. The standard InChI is InChI=1S/C27H35ClFN3O6/c1-27(2,3)38-26(34)32-11-5-10-31(12-13-32)23-8-7-20(17-22(23)29)30-25(33)21-16-19(28)6-9-24(21)37-18-36-15-14-35-4/h6-9,16-17H,5,10-15,18H2,1-4H3,(H,30,33). The summed E-state index contributed by atoms with van der Waals surface area (Å²) in [6, 6.07) is 9.16. The van der Waals surface area contributed by atoms with Crippen molar-refractivity contribution >= 4 is 35.0 Å². The van der Waals surface area contributed by atoms with E-state index >= 15 is 4.39 Å². The predicted molar refractivity (Wildman–Crippen MR) is 144 cm³/mol. The molecular weight excluding hydrogens is 517 g/mol. The fourth-order valence-corrected chi connectivity index (χ4v) is 3.99. The number of hydrogen-bond acceptors (Lipinski definition) is 7. The zero-order valence-corrected chi connectivity index (χ0v) is 23.0. The van der Waals surface area contributed by atoms with Gasteiger partial charge in [-0.25, -0.2) is 9.18 Å². The highest BCUT2D eigenvalue weighted by Gasteiger charge is 2.25. The molecule has 1 fully saturated rings. The molecule has 1 aliphatic rings. The lowest BCUT2D eigenvalue weighted by Crippen LogP contribution is -2.39. The van der Waals surface area contributed by atoms with E-state index in [4.69, 9.17) is 30.5 Å². The molecule has 0 unspecified atom stereocenters. The molecule has 0 aliphatic carbocycles. The SMILES string of the molecule is COCCOCOc1ccc(Cl)cc1C(=O)Nc1ccc(N2CCCN(C(=O)OC(C)(C)C)CC2)c(F)c1. The van der Waals surface area contributed by atoms with Crippen LogP contribution in [0.1, 0.15) is 37.6 Å². The summed E-state index contributed by atoms with van der Waals surface area (Å²) in [5.41, 5.74) is 0.287. The summed E-state index contributed by atoms with van der Waals surface area (Å²) in [4.78, 5) is 28.9. The van der Waals surface area contributed by atoms with Gasteiger partial charge in [0.2, 0.25) is 0 Å². The average molecular weight is 552 g/mol. The van der Waals surface area contributed by atoms with Crippen LogP contribution in [0.2, 0.25) is 5.02 Å². The number of nitrogens with one attached hydrogen (secondary N) is 1. The molecule has 3 rings (SSSR count). The summed E-state index contributed by atoms with van der Waals surface area (Å²) >= 11 is 6.09. The largest absolute Gasteiger partial charge is 0.467 e. The van der Waals surface area contributed by atoms with Crippen molar-refractivity contribution in [1.82, 2.24) is 4.90 Å². The van der Waals surface area contributed by atoms with Crippen LogP contribution in [0.25, 0.3) is 0 Å². The number of methoxy groups -OCH3 is 1. The number of amides is 2. The summed E-state index contributed by atoms with van der Waals surface area (Å²) in [5.74, 6) is -0.711. The van der Waals surface area contributed by atoms with Crippen molar-refractivity contribution in [3.63, 3.8) is 0 Å². The number of halogens is 2. The highest BCUT2D eigenvalue weighted by Crippen LogP contribution is 2.27. The Bertz CT molecular complexity index is 1110. The molecule has 208 valence electrons. The molecule has 2 amide bonds. The van der Waals surface area contributed by atoms with Gasteiger partial charge in [0, 0.05) is 44.0 Å². The van der Waals surface area contributed by atoms with Crippen LogP contribution in [0.4, 0.5) is 20.6 Å². The molecule has 11 heteroatoms. The zero-order valence-electron chi connectivity index (χ0n) is 22.2. The Kier molecular flexibility index (Phi) is 10.6. The van der Waals surface area contributed by atoms with Crippen molar-refractivity contribution in [3.05, 3.63) is 52.8 Å². The molecule has 9 nitrogen and oxygen atoms in total. The minimum absolute atomic E-state index is 0.0736. The fraction of sp³-hybridized carbons (Fsp3) is 0.481. The Balaban J connectivity index is 1.64. The highest BCUT2D eigenvalue weighted by atomic mass is 35.5. The summed E-state index contributed by atoms with van der Waals surface area (Å²) in [6.07, 6.45) is 0.299. The third-order valence-corrected chi connectivity index (χ3v) is 5.84. The molecule has 0 radical (unpaired) electrons. The van der Waals surface area contributed by atoms with E-state index in [-0.39, 0.29) is 29.9 Å². The van der Waals surface area contributed by atoms with Crippen molar-refractivity contribution in [2.45, 2.75) is 32.8 Å². The molecule has 1 heterocycles. The number of hydrogen-bond donors (Lipinski definition) is 1. The van der Waals surface area contributed by atoms with Crippen molar-refractivity contribution in [2.24, 2.45) is 0 Å². The van der Waals surface area contributed by atoms with Crippen LogP contribution in [0, 0.1) is 5.82 Å². The topological polar surface area (TPSA) is 89.6 Å². The molecule has 2 aromatic rings. The predicted octanol–water partition coefficient (Wildman–Crippen LogP) is 5.18. The van der Waals surface area contributed by atoms with Gasteiger partial charge >= 0.3 is 6.09 Å². The van der Waals surface area contributed by atoms with Crippen LogP contribution in [-0.4, -0.2) is 75.8 Å². The Morgan fingerprint density at radius 2 is 1.84 bits per heavy atom. The molecule has 0 spiro atoms. The van der Waals surface area contributed by atoms with E-state index in [9.17, 15) is 9.59 Å². The lowest BCUT2D eigenvalue weighted by molar-refractivity contribution is -0.00872. The first-order valence-electron chi connectivity index (χ1n) is 12.4. The Hall–Kier alpha value is -3.08. The van der Waals surface area contributed by atoms with E-state index < -0.39 is 17.3 Å². The van der Waals surface area contributed by atoms with Crippen LogP contribution in [0.5, 0.6) is 5.75 Å². The van der Waals surface area contributed by atoms with Gasteiger partial charge in [0.15, 0.2) is 6.79 Å². The second kappa shape index (κ2) is 13.6. The third kappa shape index (κ3) is 8.75. The van der Waals surface area contributed by atoms with Crippen LogP contribution in [-0.2, 0) is 14.2 Å². The number of carbonyl (C=O) groups excluding carboxylic acids is 2. The van der Waals surface area contributed by atoms with Gasteiger partial charge in [-0.1, -0.05) is 11.6 Å². The first-order valence-corrected chi connectivity index (χ1v) is 12.8. The molecular formula is C27H35ClFN3O6. The van der Waals surface area contributed by atoms with Gasteiger partial charge in [-0.05, 0) is 63.6 Å². The molecule has 1 aliphatic heterocycles. The monoisotopic (exact) mass is 551 g/mol. The summed E-state index contributed by atoms with van der Waals surface area (Å²) in [6.45, 7) is 8.14. The van der Waals surface area contributed by atoms with Gasteiger partial charge in [-0.2, -0.15) is 0 Å². The Morgan fingerprint density at radius 3 is 2.55 bits per heavy atom. The Labute approximate surface area is 227 Å². The quantitative estimate of drug-likeness (QED) is 0.339. The lowest BCUT2D eigenvalue weighted by Gasteiger charge is -2.27. The van der Waals surface area contributed by atoms with Gasteiger partial charge in [0.1, 0.15) is 17.2 Å². The molecule has 2 aromatic carbocycles. The fourth-order valence-electron chi connectivity index (χ4n) is 3.82. The van der Waals surface area contributed by atoms with Gasteiger partial charge < -0.3 is 34.1 Å². The number of nitrogens with zero attached hydrogens (tertiary/aromatic N) is 2. The summed E-state index contributed by atoms with van der Waals surface area (Å²) in [7, 11) is 1.56. The maximum atomic E-state index is 15.1. The van der Waals surface area contributed by atoms with Crippen LogP contribution < -0.4 is 15.0 Å². The van der Waals surface area contributed by atoms with E-state index in [0.717, 1.165) is 0 Å². The average Bonchev–Trinajstić information content (AvgIpc) is 3.10. The van der Waals surface area contributed by atoms with E-state index in [1.807, 2.05) is 25.7 Å². The minimum atomic E-state index is -0.578. The van der Waals surface area contributed by atoms with Crippen LogP contribution in [0.15, 0.2) is 36.4 Å². The van der Waals surface area contributed by atoms with E-state index in [1.54, 1.807) is 36.3 Å². The second-order valence-electron chi connectivity index (χ2n) is 9.73. The normalized spacial score (nSPS) is 14.2. The van der Waals surface area contributed by atoms with Gasteiger partial charge in [-0.15, -0.1) is 0 Å². The molecule has 0 bridgehead atoms. The van der Waals surface area contributed by atoms with E-state index in [1.165, 1.54) is 12.1 Å². The zero-order chi connectivity index (χ0) is 27.7. The molecule has 0 atom stereocenters. The third-order valence-electron chi connectivity index (χ3n) is 5.61. The lowest BCUT2D eigenvalue weighted by atomic mass is 10.1. The van der Waals surface area contributed by atoms with E-state index in [0.29, 0.717) is 56.5 Å². The van der Waals surface area contributed by atoms with Crippen LogP contribution in [0.3, 0.4) is 0 Å². The van der Waals surface area contributed by atoms with Gasteiger partial charge in [0.25, 0.3) is 5.91 Å². The number of ether oxygens (including phenoxy) is 4. The number of rotatable bonds is 9. The van der Waals surface area contributed by atoms with Crippen molar-refractivity contribution < 1.29 is 32.9 Å². The summed E-state index contributed by atoms with van der Waals surface area (Å²) in [5, 5.41) is 3.05. The maximum Gasteiger partial charge on any atom is 0.410 e. The van der Waals surface area contributed by atoms with E-state index in [2.05, 4.69) is 5.32 Å². The second-order valence-corrected chi connectivity index (χ2v) is 10.2. The maximum absolute atomic E-state index is 15.1. The first-order chi connectivity index (χ1) is 18.1. The Morgan fingerprint density at radius 1 is 1.05 bits per heavy atom. The van der Waals surface area contributed by atoms with Crippen molar-refractivity contribution in [1.29, 1.82) is 0 Å². The number of anilines is 2. The molecule has 1 saturated heterocycles. The number of benzene rings is 2. The van der Waals surface area contributed by atoms with Crippen molar-refractivity contribution in [3.8, 4) is 5.75 Å². The first kappa shape index (κ1) is 29.5. The van der Waals surface area contributed by atoms with Crippen LogP contribution >= 0.6 is 11.6 Å². The molecule has 1 N–H and O–H groups in total. The molecule has 0 aromatic heterocycles. The van der Waals surface area contributed by atoms with Crippen molar-refractivity contribution in [2.75, 3.05) is 63.5 Å². The molecule has 0 saturated carbocycles. The number of carbonyl (C=O) groups is 2. The highest BCUT2D eigenvalue weighted by molar-refractivity contribution is 6.31. The van der Waals surface area contributed by atoms with Gasteiger partial charge in [-0.3, -0.25) is 4.79 Å². The van der Waals surface area contributed by atoms with Gasteiger partial charge in [0.05, 0.1) is 24.5 Å². The summed E-state index contributed by atoms with van der Waals surface area (Å²) < 4.78 is 36.4. The molecule has 38 heavy (non-hydrogen) atoms.